The van der Waals surface area contributed by atoms with E-state index in [1.54, 1.807) is 13.0 Å². The molecule has 1 saturated heterocycles. The summed E-state index contributed by atoms with van der Waals surface area (Å²) in [6.45, 7) is 1.54. The zero-order chi connectivity index (χ0) is 23.3. The lowest BCUT2D eigenvalue weighted by atomic mass is 10.1. The molecule has 2 aromatic rings. The van der Waals surface area contributed by atoms with Gasteiger partial charge in [0.15, 0.2) is 18.1 Å². The van der Waals surface area contributed by atoms with Gasteiger partial charge < -0.3 is 19.5 Å². The first-order valence-electron chi connectivity index (χ1n) is 9.57. The first kappa shape index (κ1) is 23.1. The Morgan fingerprint density at radius 2 is 1.94 bits per heavy atom. The number of nitrogens with one attached hydrogen (secondary N) is 1. The lowest BCUT2D eigenvalue weighted by Crippen LogP contribution is -2.30. The van der Waals surface area contributed by atoms with Gasteiger partial charge in [0.25, 0.3) is 5.91 Å². The number of imide groups is 1. The predicted molar refractivity (Wildman–Crippen MR) is 114 cm³/mol. The van der Waals surface area contributed by atoms with Gasteiger partial charge in [0.2, 0.25) is 0 Å². The maximum absolute atomic E-state index is 13.1. The van der Waals surface area contributed by atoms with E-state index in [9.17, 15) is 18.8 Å². The van der Waals surface area contributed by atoms with Gasteiger partial charge in [-0.2, -0.15) is 0 Å². The van der Waals surface area contributed by atoms with E-state index < -0.39 is 23.7 Å². The highest BCUT2D eigenvalue weighted by atomic mass is 35.5. The summed E-state index contributed by atoms with van der Waals surface area (Å²) >= 11 is 6.27. The molecule has 3 rings (SSSR count). The van der Waals surface area contributed by atoms with E-state index in [0.717, 1.165) is 4.90 Å². The van der Waals surface area contributed by atoms with Crippen molar-refractivity contribution in [1.82, 2.24) is 10.2 Å². The van der Waals surface area contributed by atoms with Crippen LogP contribution < -0.4 is 14.8 Å². The van der Waals surface area contributed by atoms with Crippen molar-refractivity contribution in [3.05, 3.63) is 64.1 Å². The zero-order valence-electron chi connectivity index (χ0n) is 17.3. The summed E-state index contributed by atoms with van der Waals surface area (Å²) in [4.78, 5) is 37.5. The molecule has 0 atom stereocenters. The molecule has 8 nitrogen and oxygen atoms in total. The van der Waals surface area contributed by atoms with Gasteiger partial charge in [-0.15, -0.1) is 0 Å². The van der Waals surface area contributed by atoms with Crippen LogP contribution in [-0.4, -0.2) is 43.1 Å². The first-order valence-corrected chi connectivity index (χ1v) is 9.95. The Kier molecular flexibility index (Phi) is 7.32. The minimum atomic E-state index is -0.599. The Labute approximate surface area is 188 Å². The summed E-state index contributed by atoms with van der Waals surface area (Å²) in [6, 6.07) is 7.95. The van der Waals surface area contributed by atoms with Crippen LogP contribution in [0.2, 0.25) is 5.02 Å². The molecule has 0 spiro atoms. The zero-order valence-corrected chi connectivity index (χ0v) is 18.1. The fraction of sp³-hybridized carbons (Fsp3) is 0.227. The van der Waals surface area contributed by atoms with Crippen LogP contribution in [0.1, 0.15) is 18.1 Å². The number of nitrogens with zero attached hydrogens (tertiary/aromatic N) is 1. The van der Waals surface area contributed by atoms with Gasteiger partial charge in [0, 0.05) is 0 Å². The lowest BCUT2D eigenvalue weighted by Gasteiger charge is -2.13. The third kappa shape index (κ3) is 5.36. The molecule has 0 saturated carbocycles. The van der Waals surface area contributed by atoms with E-state index in [4.69, 9.17) is 25.8 Å². The van der Waals surface area contributed by atoms with Crippen LogP contribution in [0.15, 0.2) is 42.1 Å². The molecule has 1 aliphatic rings. The molecule has 0 bridgehead atoms. The molecule has 3 amide bonds. The second-order valence-electron chi connectivity index (χ2n) is 6.63. The van der Waals surface area contributed by atoms with Crippen molar-refractivity contribution < 1.29 is 33.0 Å². The third-order valence-electron chi connectivity index (χ3n) is 4.42. The number of carbonyl (C=O) groups excluding carboxylic acids is 3. The third-order valence-corrected chi connectivity index (χ3v) is 4.70. The Balaban J connectivity index is 1.79. The molecule has 1 fully saturated rings. The molecule has 1 aliphatic heterocycles. The fourth-order valence-corrected chi connectivity index (χ4v) is 3.22. The molecule has 1 N–H and O–H groups in total. The number of amides is 3. The van der Waals surface area contributed by atoms with Gasteiger partial charge in [0.1, 0.15) is 11.5 Å². The van der Waals surface area contributed by atoms with Crippen molar-refractivity contribution in [2.24, 2.45) is 0 Å². The molecule has 0 aliphatic carbocycles. The van der Waals surface area contributed by atoms with E-state index in [-0.39, 0.29) is 42.0 Å². The van der Waals surface area contributed by atoms with E-state index in [2.05, 4.69) is 5.32 Å². The molecule has 0 radical (unpaired) electrons. The number of carbonyl (C=O) groups is 3. The number of hydrogen-bond donors (Lipinski definition) is 1. The Morgan fingerprint density at radius 3 is 2.59 bits per heavy atom. The fourth-order valence-electron chi connectivity index (χ4n) is 2.95. The van der Waals surface area contributed by atoms with Crippen LogP contribution in [0.5, 0.6) is 11.5 Å². The van der Waals surface area contributed by atoms with Crippen LogP contribution >= 0.6 is 11.6 Å². The van der Waals surface area contributed by atoms with E-state index in [1.807, 2.05) is 0 Å². The summed E-state index contributed by atoms with van der Waals surface area (Å²) in [6.07, 6.45) is 1.44. The summed E-state index contributed by atoms with van der Waals surface area (Å²) < 4.78 is 28.6. The van der Waals surface area contributed by atoms with Crippen molar-refractivity contribution in [2.45, 2.75) is 13.5 Å². The van der Waals surface area contributed by atoms with Crippen LogP contribution in [0.3, 0.4) is 0 Å². The summed E-state index contributed by atoms with van der Waals surface area (Å²) in [5.74, 6) is -1.14. The van der Waals surface area contributed by atoms with Gasteiger partial charge in [-0.25, -0.2) is 14.0 Å². The molecule has 0 unspecified atom stereocenters. The molecule has 168 valence electrons. The normalized spacial score (nSPS) is 14.5. The molecule has 0 aromatic heterocycles. The first-order chi connectivity index (χ1) is 15.3. The topological polar surface area (TPSA) is 94.2 Å². The van der Waals surface area contributed by atoms with Crippen LogP contribution in [0, 0.1) is 5.82 Å². The van der Waals surface area contributed by atoms with Gasteiger partial charge in [-0.1, -0.05) is 23.7 Å². The number of methoxy groups -OCH3 is 1. The van der Waals surface area contributed by atoms with Gasteiger partial charge >= 0.3 is 12.0 Å². The predicted octanol–water partition coefficient (Wildman–Crippen LogP) is 3.52. The smallest absolute Gasteiger partial charge is 0.344 e. The minimum Gasteiger partial charge on any atom is -0.493 e. The maximum Gasteiger partial charge on any atom is 0.344 e. The number of halogens is 2. The van der Waals surface area contributed by atoms with Crippen molar-refractivity contribution >= 4 is 35.6 Å². The Hall–Kier alpha value is -3.59. The van der Waals surface area contributed by atoms with Gasteiger partial charge in [-0.05, 0) is 48.4 Å². The highest BCUT2D eigenvalue weighted by Gasteiger charge is 2.33. The number of benzene rings is 2. The van der Waals surface area contributed by atoms with Crippen molar-refractivity contribution in [3.63, 3.8) is 0 Å². The van der Waals surface area contributed by atoms with Crippen molar-refractivity contribution in [2.75, 3.05) is 20.3 Å². The standard InChI is InChI=1S/C22H20ClFN2O6/c1-3-31-19(27)12-32-20-16(23)8-14(10-18(20)30-2)9-17-21(28)26(22(29)25-17)11-13-4-6-15(24)7-5-13/h4-10H,3,11-12H2,1-2H3,(H,25,29)/b17-9-. The maximum atomic E-state index is 13.1. The van der Waals surface area contributed by atoms with E-state index in [1.165, 1.54) is 43.5 Å². The Morgan fingerprint density at radius 1 is 1.22 bits per heavy atom. The van der Waals surface area contributed by atoms with Crippen LogP contribution in [-0.2, 0) is 20.9 Å². The van der Waals surface area contributed by atoms with E-state index in [0.29, 0.717) is 11.1 Å². The number of hydrogen-bond acceptors (Lipinski definition) is 6. The second kappa shape index (κ2) is 10.1. The quantitative estimate of drug-likeness (QED) is 0.366. The van der Waals surface area contributed by atoms with Crippen molar-refractivity contribution in [3.8, 4) is 11.5 Å². The highest BCUT2D eigenvalue weighted by Crippen LogP contribution is 2.37. The molecular formula is C22H20ClFN2O6. The van der Waals surface area contributed by atoms with Gasteiger partial charge in [-0.3, -0.25) is 9.69 Å². The van der Waals surface area contributed by atoms with Crippen molar-refractivity contribution in [1.29, 1.82) is 0 Å². The summed E-state index contributed by atoms with van der Waals surface area (Å²) in [5.41, 5.74) is 1.10. The average Bonchev–Trinajstić information content (AvgIpc) is 3.01. The Bertz CT molecular complexity index is 1070. The monoisotopic (exact) mass is 462 g/mol. The van der Waals surface area contributed by atoms with Crippen LogP contribution in [0.25, 0.3) is 6.08 Å². The largest absolute Gasteiger partial charge is 0.493 e. The molecular weight excluding hydrogens is 443 g/mol. The minimum absolute atomic E-state index is 0.00694. The number of rotatable bonds is 8. The second-order valence-corrected chi connectivity index (χ2v) is 7.04. The molecule has 2 aromatic carbocycles. The highest BCUT2D eigenvalue weighted by molar-refractivity contribution is 6.32. The van der Waals surface area contributed by atoms with E-state index >= 15 is 0 Å². The lowest BCUT2D eigenvalue weighted by molar-refractivity contribution is -0.145. The number of ether oxygens (including phenoxy) is 3. The number of urea groups is 1. The number of esters is 1. The summed E-state index contributed by atoms with van der Waals surface area (Å²) in [5, 5.41) is 2.65. The molecule has 10 heteroatoms. The summed E-state index contributed by atoms with van der Waals surface area (Å²) in [7, 11) is 1.40. The SMILES string of the molecule is CCOC(=O)COc1c(Cl)cc(/C=C2\NC(=O)N(Cc3ccc(F)cc3)C2=O)cc1OC. The molecule has 1 heterocycles. The molecule has 32 heavy (non-hydrogen) atoms. The van der Waals surface area contributed by atoms with Gasteiger partial charge in [0.05, 0.1) is 25.3 Å². The van der Waals surface area contributed by atoms with Crippen LogP contribution in [0.4, 0.5) is 9.18 Å². The average molecular weight is 463 g/mol.